The molecule has 23 heavy (non-hydrogen) atoms. The van der Waals surface area contributed by atoms with Crippen molar-refractivity contribution in [1.29, 1.82) is 0 Å². The standard InChI is InChI=1S/C16H16N4O3/c1-19(11-13-6-4-8-23-13)15(21)10-17-16(22)14-9-12-5-2-3-7-20(12)18-14/h2-9H,10-11H2,1H3,(H,17,22). The Morgan fingerprint density at radius 3 is 2.91 bits per heavy atom. The third kappa shape index (κ3) is 3.39. The maximum absolute atomic E-state index is 12.1. The lowest BCUT2D eigenvalue weighted by molar-refractivity contribution is -0.129. The lowest BCUT2D eigenvalue weighted by Gasteiger charge is -2.15. The molecule has 3 aromatic rings. The largest absolute Gasteiger partial charge is 0.467 e. The Morgan fingerprint density at radius 1 is 1.30 bits per heavy atom. The van der Waals surface area contributed by atoms with Crippen molar-refractivity contribution in [3.63, 3.8) is 0 Å². The number of likely N-dealkylation sites (N-methyl/N-ethyl adjacent to an activating group) is 1. The molecule has 0 saturated heterocycles. The van der Waals surface area contributed by atoms with E-state index in [1.54, 1.807) is 42.2 Å². The highest BCUT2D eigenvalue weighted by Gasteiger charge is 2.15. The van der Waals surface area contributed by atoms with E-state index in [1.807, 2.05) is 18.2 Å². The minimum absolute atomic E-state index is 0.0933. The number of nitrogens with one attached hydrogen (secondary N) is 1. The molecule has 2 amide bonds. The van der Waals surface area contributed by atoms with Crippen LogP contribution < -0.4 is 5.32 Å². The molecule has 0 saturated carbocycles. The smallest absolute Gasteiger partial charge is 0.272 e. The zero-order valence-electron chi connectivity index (χ0n) is 12.6. The van der Waals surface area contributed by atoms with Crippen LogP contribution in [-0.4, -0.2) is 39.9 Å². The van der Waals surface area contributed by atoms with Gasteiger partial charge in [-0.15, -0.1) is 0 Å². The van der Waals surface area contributed by atoms with Gasteiger partial charge in [-0.3, -0.25) is 9.59 Å². The van der Waals surface area contributed by atoms with E-state index in [4.69, 9.17) is 4.42 Å². The third-order valence-corrected chi connectivity index (χ3v) is 3.40. The molecule has 3 heterocycles. The van der Waals surface area contributed by atoms with Gasteiger partial charge in [-0.05, 0) is 30.3 Å². The van der Waals surface area contributed by atoms with Gasteiger partial charge in [-0.1, -0.05) is 6.07 Å². The summed E-state index contributed by atoms with van der Waals surface area (Å²) in [5.41, 5.74) is 1.09. The fourth-order valence-corrected chi connectivity index (χ4v) is 2.15. The lowest BCUT2D eigenvalue weighted by atomic mass is 10.3. The van der Waals surface area contributed by atoms with Crippen LogP contribution in [0.4, 0.5) is 0 Å². The van der Waals surface area contributed by atoms with E-state index < -0.39 is 0 Å². The monoisotopic (exact) mass is 312 g/mol. The Hall–Kier alpha value is -3.09. The van der Waals surface area contributed by atoms with Crippen LogP contribution in [0.3, 0.4) is 0 Å². The van der Waals surface area contributed by atoms with Gasteiger partial charge in [0, 0.05) is 13.2 Å². The van der Waals surface area contributed by atoms with E-state index >= 15 is 0 Å². The molecule has 0 spiro atoms. The summed E-state index contributed by atoms with van der Waals surface area (Å²) < 4.78 is 6.80. The average Bonchev–Trinajstić information content (AvgIpc) is 3.20. The van der Waals surface area contributed by atoms with E-state index in [0.29, 0.717) is 12.3 Å². The maximum atomic E-state index is 12.1. The second kappa shape index (κ2) is 6.35. The molecule has 3 rings (SSSR count). The number of amides is 2. The quantitative estimate of drug-likeness (QED) is 0.770. The molecule has 0 aliphatic rings. The first-order chi connectivity index (χ1) is 11.1. The van der Waals surface area contributed by atoms with E-state index in [0.717, 1.165) is 5.52 Å². The highest BCUT2D eigenvalue weighted by atomic mass is 16.3. The molecular formula is C16H16N4O3. The van der Waals surface area contributed by atoms with Gasteiger partial charge in [-0.25, -0.2) is 4.52 Å². The maximum Gasteiger partial charge on any atom is 0.272 e. The molecule has 0 aromatic carbocycles. The zero-order valence-corrected chi connectivity index (χ0v) is 12.6. The topological polar surface area (TPSA) is 79.9 Å². The molecule has 3 aromatic heterocycles. The fraction of sp³-hybridized carbons (Fsp3) is 0.188. The van der Waals surface area contributed by atoms with Crippen LogP contribution in [0.25, 0.3) is 5.52 Å². The molecule has 0 fully saturated rings. The zero-order chi connectivity index (χ0) is 16.2. The second-order valence-electron chi connectivity index (χ2n) is 5.11. The number of fused-ring (bicyclic) bond motifs is 1. The van der Waals surface area contributed by atoms with Crippen molar-refractivity contribution in [2.75, 3.05) is 13.6 Å². The van der Waals surface area contributed by atoms with Crippen molar-refractivity contribution in [1.82, 2.24) is 19.8 Å². The number of hydrogen-bond donors (Lipinski definition) is 1. The van der Waals surface area contributed by atoms with Crippen molar-refractivity contribution in [3.05, 3.63) is 60.3 Å². The Bertz CT molecular complexity index is 790. The Balaban J connectivity index is 1.56. The predicted molar refractivity (Wildman–Crippen MR) is 82.7 cm³/mol. The Morgan fingerprint density at radius 2 is 2.17 bits per heavy atom. The van der Waals surface area contributed by atoms with Crippen molar-refractivity contribution in [3.8, 4) is 0 Å². The summed E-state index contributed by atoms with van der Waals surface area (Å²) in [6.07, 6.45) is 3.31. The van der Waals surface area contributed by atoms with Crippen LogP contribution in [0.15, 0.2) is 53.3 Å². The summed E-state index contributed by atoms with van der Waals surface area (Å²) in [4.78, 5) is 25.6. The summed E-state index contributed by atoms with van der Waals surface area (Å²) in [6.45, 7) is 0.264. The van der Waals surface area contributed by atoms with Gasteiger partial charge in [0.1, 0.15) is 5.76 Å². The van der Waals surface area contributed by atoms with Crippen LogP contribution in [0.1, 0.15) is 16.2 Å². The van der Waals surface area contributed by atoms with Gasteiger partial charge in [0.05, 0.1) is 24.9 Å². The van der Waals surface area contributed by atoms with E-state index in [-0.39, 0.29) is 24.1 Å². The number of hydrogen-bond acceptors (Lipinski definition) is 4. The van der Waals surface area contributed by atoms with Crippen LogP contribution in [0.5, 0.6) is 0 Å². The SMILES string of the molecule is CN(Cc1ccco1)C(=O)CNC(=O)c1cc2ccccn2n1. The highest BCUT2D eigenvalue weighted by molar-refractivity contribution is 5.95. The molecule has 1 N–H and O–H groups in total. The minimum Gasteiger partial charge on any atom is -0.467 e. The van der Waals surface area contributed by atoms with Crippen LogP contribution >= 0.6 is 0 Å². The summed E-state index contributed by atoms with van der Waals surface area (Å²) in [6, 6.07) is 10.8. The van der Waals surface area contributed by atoms with Crippen molar-refractivity contribution < 1.29 is 14.0 Å². The molecule has 0 bridgehead atoms. The number of nitrogens with zero attached hydrogens (tertiary/aromatic N) is 3. The molecule has 0 unspecified atom stereocenters. The second-order valence-corrected chi connectivity index (χ2v) is 5.11. The van der Waals surface area contributed by atoms with Gasteiger partial charge in [0.15, 0.2) is 5.69 Å². The van der Waals surface area contributed by atoms with Gasteiger partial charge in [-0.2, -0.15) is 5.10 Å². The van der Waals surface area contributed by atoms with Gasteiger partial charge >= 0.3 is 0 Å². The van der Waals surface area contributed by atoms with Crippen LogP contribution in [0, 0.1) is 0 Å². The van der Waals surface area contributed by atoms with Crippen molar-refractivity contribution in [2.24, 2.45) is 0 Å². The van der Waals surface area contributed by atoms with E-state index in [9.17, 15) is 9.59 Å². The number of rotatable bonds is 5. The van der Waals surface area contributed by atoms with Crippen LogP contribution in [0.2, 0.25) is 0 Å². The molecule has 0 aliphatic carbocycles. The highest BCUT2D eigenvalue weighted by Crippen LogP contribution is 2.06. The Kier molecular flexibility index (Phi) is 4.09. The van der Waals surface area contributed by atoms with E-state index in [2.05, 4.69) is 10.4 Å². The van der Waals surface area contributed by atoms with Gasteiger partial charge in [0.25, 0.3) is 5.91 Å². The average molecular weight is 312 g/mol. The molecule has 118 valence electrons. The molecular weight excluding hydrogens is 296 g/mol. The van der Waals surface area contributed by atoms with Crippen molar-refractivity contribution >= 4 is 17.3 Å². The van der Waals surface area contributed by atoms with Crippen molar-refractivity contribution in [2.45, 2.75) is 6.54 Å². The summed E-state index contributed by atoms with van der Waals surface area (Å²) in [5.74, 6) is 0.0968. The summed E-state index contributed by atoms with van der Waals surface area (Å²) >= 11 is 0. The molecule has 0 atom stereocenters. The first-order valence-electron chi connectivity index (χ1n) is 7.12. The minimum atomic E-state index is -0.381. The van der Waals surface area contributed by atoms with Gasteiger partial charge < -0.3 is 14.6 Å². The fourth-order valence-electron chi connectivity index (χ4n) is 2.15. The predicted octanol–water partition coefficient (Wildman–Crippen LogP) is 1.32. The molecule has 7 nitrogen and oxygen atoms in total. The Labute approximate surface area is 132 Å². The van der Waals surface area contributed by atoms with Gasteiger partial charge in [0.2, 0.25) is 5.91 Å². The normalized spacial score (nSPS) is 10.7. The van der Waals surface area contributed by atoms with E-state index in [1.165, 1.54) is 4.90 Å². The summed E-state index contributed by atoms with van der Waals surface area (Å²) in [7, 11) is 1.65. The summed E-state index contributed by atoms with van der Waals surface area (Å²) in [5, 5.41) is 6.74. The molecule has 7 heteroatoms. The number of carbonyl (C=O) groups excluding carboxylic acids is 2. The number of aromatic nitrogens is 2. The molecule has 0 aliphatic heterocycles. The first-order valence-corrected chi connectivity index (χ1v) is 7.12. The molecule has 0 radical (unpaired) electrons. The first kappa shape index (κ1) is 14.8. The number of pyridine rings is 1. The number of furan rings is 1. The third-order valence-electron chi connectivity index (χ3n) is 3.40. The lowest BCUT2D eigenvalue weighted by Crippen LogP contribution is -2.37. The van der Waals surface area contributed by atoms with Crippen LogP contribution in [-0.2, 0) is 11.3 Å². The number of carbonyl (C=O) groups is 2.